The Morgan fingerprint density at radius 1 is 1.43 bits per heavy atom. The molecule has 110 valence electrons. The average Bonchev–Trinajstić information content (AvgIpc) is 3.11. The molecule has 2 heterocycles. The van der Waals surface area contributed by atoms with Crippen molar-refractivity contribution in [3.8, 4) is 0 Å². The number of hydrogen-bond donors (Lipinski definition) is 2. The normalized spacial score (nSPS) is 13.1. The molecule has 0 fully saturated rings. The molecule has 3 rings (SSSR count). The first-order valence-corrected chi connectivity index (χ1v) is 8.96. The number of thioether (sulfide) groups is 1. The number of anilines is 1. The fourth-order valence-corrected chi connectivity index (χ4v) is 4.87. The van der Waals surface area contributed by atoms with Crippen LogP contribution in [0.2, 0.25) is 0 Å². The Morgan fingerprint density at radius 2 is 2.29 bits per heavy atom. The number of thiophene rings is 1. The first kappa shape index (κ1) is 14.5. The highest BCUT2D eigenvalue weighted by Gasteiger charge is 2.26. The van der Waals surface area contributed by atoms with Crippen LogP contribution in [0.3, 0.4) is 0 Å². The van der Waals surface area contributed by atoms with E-state index in [2.05, 4.69) is 15.5 Å². The number of nitrogens with zero attached hydrogens (tertiary/aromatic N) is 2. The Balaban J connectivity index is 1.70. The largest absolute Gasteiger partial charge is 0.365 e. The fourth-order valence-electron chi connectivity index (χ4n) is 2.27. The zero-order chi connectivity index (χ0) is 14.8. The molecule has 0 unspecified atom stereocenters. The van der Waals surface area contributed by atoms with E-state index >= 15 is 0 Å². The summed E-state index contributed by atoms with van der Waals surface area (Å²) >= 11 is 4.17. The van der Waals surface area contributed by atoms with Crippen molar-refractivity contribution in [2.45, 2.75) is 23.6 Å². The number of nitrogens with two attached hydrogens (primary N) is 1. The smallest absolute Gasteiger partial charge is 0.251 e. The monoisotopic (exact) mass is 340 g/mol. The van der Waals surface area contributed by atoms with Crippen LogP contribution in [0.15, 0.2) is 9.85 Å². The van der Waals surface area contributed by atoms with Crippen molar-refractivity contribution in [3.63, 3.8) is 0 Å². The minimum atomic E-state index is -0.471. The molecular weight excluding hydrogens is 328 g/mol. The third-order valence-corrected chi connectivity index (χ3v) is 6.16. The first-order chi connectivity index (χ1) is 10.1. The summed E-state index contributed by atoms with van der Waals surface area (Å²) in [4.78, 5) is 24.8. The molecule has 0 aromatic carbocycles. The SMILES string of the molecule is NC(=O)c1c(NC(=O)CSc2nncs2)sc2c1CCC2. The van der Waals surface area contributed by atoms with Crippen molar-refractivity contribution in [1.82, 2.24) is 10.2 Å². The summed E-state index contributed by atoms with van der Waals surface area (Å²) in [6.45, 7) is 0. The van der Waals surface area contributed by atoms with E-state index in [9.17, 15) is 9.59 Å². The molecule has 2 amide bonds. The van der Waals surface area contributed by atoms with E-state index < -0.39 is 5.91 Å². The molecule has 0 radical (unpaired) electrons. The number of rotatable bonds is 5. The van der Waals surface area contributed by atoms with Crippen LogP contribution in [0.1, 0.15) is 27.2 Å². The summed E-state index contributed by atoms with van der Waals surface area (Å²) in [7, 11) is 0. The predicted octanol–water partition coefficient (Wildman–Crippen LogP) is 1.92. The van der Waals surface area contributed by atoms with Crippen molar-refractivity contribution in [2.24, 2.45) is 5.73 Å². The molecular formula is C12H12N4O2S3. The Hall–Kier alpha value is -1.45. The van der Waals surface area contributed by atoms with Gasteiger partial charge in [-0.2, -0.15) is 0 Å². The molecule has 21 heavy (non-hydrogen) atoms. The number of carbonyl (C=O) groups excluding carboxylic acids is 2. The number of carbonyl (C=O) groups is 2. The maximum absolute atomic E-state index is 12.0. The van der Waals surface area contributed by atoms with E-state index in [1.54, 1.807) is 5.51 Å². The molecule has 9 heteroatoms. The van der Waals surface area contributed by atoms with Crippen LogP contribution in [0.5, 0.6) is 0 Å². The number of hydrogen-bond acceptors (Lipinski definition) is 7. The Kier molecular flexibility index (Phi) is 4.22. The molecule has 0 saturated heterocycles. The summed E-state index contributed by atoms with van der Waals surface area (Å²) in [5, 5.41) is 11.0. The lowest BCUT2D eigenvalue weighted by Crippen LogP contribution is -2.18. The quantitative estimate of drug-likeness (QED) is 0.810. The van der Waals surface area contributed by atoms with Gasteiger partial charge < -0.3 is 11.1 Å². The Bertz CT molecular complexity index is 681. The summed E-state index contributed by atoms with van der Waals surface area (Å²) in [6, 6.07) is 0. The summed E-state index contributed by atoms with van der Waals surface area (Å²) in [6.07, 6.45) is 2.86. The number of fused-ring (bicyclic) bond motifs is 1. The van der Waals surface area contributed by atoms with E-state index in [-0.39, 0.29) is 11.7 Å². The molecule has 6 nitrogen and oxygen atoms in total. The molecule has 0 spiro atoms. The maximum Gasteiger partial charge on any atom is 0.251 e. The maximum atomic E-state index is 12.0. The highest BCUT2D eigenvalue weighted by atomic mass is 32.2. The Morgan fingerprint density at radius 3 is 3.00 bits per heavy atom. The van der Waals surface area contributed by atoms with Crippen molar-refractivity contribution < 1.29 is 9.59 Å². The second-order valence-electron chi connectivity index (χ2n) is 4.47. The third-order valence-electron chi connectivity index (χ3n) is 3.09. The van der Waals surface area contributed by atoms with Crippen LogP contribution in [0.25, 0.3) is 0 Å². The number of nitrogens with one attached hydrogen (secondary N) is 1. The molecule has 0 atom stereocenters. The Labute approximate surface area is 133 Å². The predicted molar refractivity (Wildman–Crippen MR) is 84.1 cm³/mol. The molecule has 2 aromatic heterocycles. The fraction of sp³-hybridized carbons (Fsp3) is 0.333. The van der Waals surface area contributed by atoms with E-state index in [1.165, 1.54) is 34.4 Å². The van der Waals surface area contributed by atoms with Crippen LogP contribution in [-0.2, 0) is 17.6 Å². The second-order valence-corrected chi connectivity index (χ2v) is 7.63. The van der Waals surface area contributed by atoms with Gasteiger partial charge in [0.25, 0.3) is 5.91 Å². The van der Waals surface area contributed by atoms with Gasteiger partial charge in [-0.3, -0.25) is 9.59 Å². The van der Waals surface area contributed by atoms with Crippen molar-refractivity contribution in [1.29, 1.82) is 0 Å². The first-order valence-electron chi connectivity index (χ1n) is 6.28. The number of aromatic nitrogens is 2. The van der Waals surface area contributed by atoms with Gasteiger partial charge >= 0.3 is 0 Å². The van der Waals surface area contributed by atoms with E-state index in [1.807, 2.05) is 0 Å². The van der Waals surface area contributed by atoms with Crippen LogP contribution < -0.4 is 11.1 Å². The van der Waals surface area contributed by atoms with E-state index in [0.717, 1.165) is 34.0 Å². The lowest BCUT2D eigenvalue weighted by Gasteiger charge is -2.05. The van der Waals surface area contributed by atoms with Gasteiger partial charge in [-0.05, 0) is 24.8 Å². The van der Waals surface area contributed by atoms with Gasteiger partial charge in [-0.25, -0.2) is 0 Å². The minimum Gasteiger partial charge on any atom is -0.365 e. The van der Waals surface area contributed by atoms with Gasteiger partial charge in [0.15, 0.2) is 4.34 Å². The highest BCUT2D eigenvalue weighted by Crippen LogP contribution is 2.38. The topological polar surface area (TPSA) is 98.0 Å². The van der Waals surface area contributed by atoms with Gasteiger partial charge in [0.05, 0.1) is 11.3 Å². The molecule has 0 saturated carbocycles. The molecule has 0 aliphatic heterocycles. The molecule has 1 aliphatic rings. The van der Waals surface area contributed by atoms with Crippen molar-refractivity contribution >= 4 is 51.3 Å². The number of amides is 2. The second kappa shape index (κ2) is 6.12. The minimum absolute atomic E-state index is 0.169. The van der Waals surface area contributed by atoms with Gasteiger partial charge in [-0.1, -0.05) is 23.1 Å². The average molecular weight is 340 g/mol. The van der Waals surface area contributed by atoms with E-state index in [4.69, 9.17) is 5.73 Å². The van der Waals surface area contributed by atoms with Crippen LogP contribution >= 0.6 is 34.4 Å². The molecule has 2 aromatic rings. The van der Waals surface area contributed by atoms with Crippen molar-refractivity contribution in [3.05, 3.63) is 21.5 Å². The van der Waals surface area contributed by atoms with Gasteiger partial charge in [0.2, 0.25) is 5.91 Å². The van der Waals surface area contributed by atoms with Crippen LogP contribution in [-0.4, -0.2) is 27.8 Å². The van der Waals surface area contributed by atoms with Gasteiger partial charge in [0.1, 0.15) is 10.5 Å². The summed E-state index contributed by atoms with van der Waals surface area (Å²) < 4.78 is 0.744. The van der Waals surface area contributed by atoms with Gasteiger partial charge in [0, 0.05) is 4.88 Å². The standard InChI is InChI=1S/C12H12N4O2S3/c13-10(18)9-6-2-1-3-7(6)21-11(9)15-8(17)4-19-12-16-14-5-20-12/h5H,1-4H2,(H2,13,18)(H,15,17). The highest BCUT2D eigenvalue weighted by molar-refractivity contribution is 8.01. The van der Waals surface area contributed by atoms with Crippen molar-refractivity contribution in [2.75, 3.05) is 11.1 Å². The molecule has 0 bridgehead atoms. The third kappa shape index (κ3) is 3.09. The number of aryl methyl sites for hydroxylation is 1. The lowest BCUT2D eigenvalue weighted by atomic mass is 10.1. The lowest BCUT2D eigenvalue weighted by molar-refractivity contribution is -0.113. The van der Waals surface area contributed by atoms with E-state index in [0.29, 0.717) is 10.6 Å². The number of primary amides is 1. The zero-order valence-electron chi connectivity index (χ0n) is 10.9. The molecule has 3 N–H and O–H groups in total. The summed E-state index contributed by atoms with van der Waals surface area (Å²) in [5.41, 5.74) is 8.58. The molecule has 1 aliphatic carbocycles. The van der Waals surface area contributed by atoms with Gasteiger partial charge in [-0.15, -0.1) is 21.5 Å². The summed E-state index contributed by atoms with van der Waals surface area (Å²) in [5.74, 6) is -0.408. The van der Waals surface area contributed by atoms with Crippen LogP contribution in [0.4, 0.5) is 5.00 Å². The van der Waals surface area contributed by atoms with Crippen LogP contribution in [0, 0.1) is 0 Å². The zero-order valence-corrected chi connectivity index (χ0v) is 13.4.